The molecule has 2 aromatic carbocycles. The van der Waals surface area contributed by atoms with Gasteiger partial charge >= 0.3 is 0 Å². The Hall–Kier alpha value is -2.89. The number of hydrogen-bond donors (Lipinski definition) is 3. The van der Waals surface area contributed by atoms with E-state index in [1.54, 1.807) is 26.4 Å². The van der Waals surface area contributed by atoms with Gasteiger partial charge in [-0.05, 0) is 49.6 Å². The maximum absolute atomic E-state index is 9.32. The van der Waals surface area contributed by atoms with E-state index in [2.05, 4.69) is 15.6 Å². The van der Waals surface area contributed by atoms with E-state index in [0.717, 1.165) is 31.0 Å². The molecule has 0 saturated carbocycles. The van der Waals surface area contributed by atoms with E-state index in [0.29, 0.717) is 23.8 Å². The number of aromatic hydroxyl groups is 1. The molecular weight excluding hydrogens is 330 g/mol. The first-order chi connectivity index (χ1) is 12.7. The highest BCUT2D eigenvalue weighted by atomic mass is 16.5. The summed E-state index contributed by atoms with van der Waals surface area (Å²) in [5, 5.41) is 15.8. The minimum absolute atomic E-state index is 0.292. The average molecular weight is 357 g/mol. The quantitative estimate of drug-likeness (QED) is 0.383. The number of phenols is 1. The van der Waals surface area contributed by atoms with Crippen LogP contribution in [0, 0.1) is 0 Å². The van der Waals surface area contributed by atoms with Crippen LogP contribution in [0.1, 0.15) is 18.9 Å². The van der Waals surface area contributed by atoms with Crippen molar-refractivity contribution in [2.45, 2.75) is 19.8 Å². The third-order valence-electron chi connectivity index (χ3n) is 3.82. The second kappa shape index (κ2) is 10.2. The fourth-order valence-corrected chi connectivity index (χ4v) is 2.49. The summed E-state index contributed by atoms with van der Waals surface area (Å²) in [5.41, 5.74) is 2.07. The van der Waals surface area contributed by atoms with Crippen molar-refractivity contribution in [2.75, 3.05) is 32.6 Å². The Kier molecular flexibility index (Phi) is 7.61. The summed E-state index contributed by atoms with van der Waals surface area (Å²) in [6, 6.07) is 12.9. The molecule has 0 heterocycles. The van der Waals surface area contributed by atoms with Gasteiger partial charge in [-0.2, -0.15) is 0 Å². The van der Waals surface area contributed by atoms with E-state index >= 15 is 0 Å². The number of ether oxygens (including phenoxy) is 2. The Balaban J connectivity index is 1.94. The summed E-state index contributed by atoms with van der Waals surface area (Å²) < 4.78 is 10.6. The number of nitrogens with zero attached hydrogens (tertiary/aromatic N) is 1. The summed E-state index contributed by atoms with van der Waals surface area (Å²) >= 11 is 0. The monoisotopic (exact) mass is 357 g/mol. The Bertz CT molecular complexity index is 715. The van der Waals surface area contributed by atoms with Crippen LogP contribution in [0.2, 0.25) is 0 Å². The molecule has 2 aromatic rings. The van der Waals surface area contributed by atoms with Crippen molar-refractivity contribution in [3.8, 4) is 17.2 Å². The Morgan fingerprint density at radius 1 is 1.04 bits per heavy atom. The van der Waals surface area contributed by atoms with Crippen LogP contribution >= 0.6 is 0 Å². The van der Waals surface area contributed by atoms with E-state index in [-0.39, 0.29) is 0 Å². The third-order valence-corrected chi connectivity index (χ3v) is 3.82. The number of methoxy groups -OCH3 is 2. The van der Waals surface area contributed by atoms with Crippen LogP contribution < -0.4 is 20.1 Å². The molecule has 2 rings (SSSR count). The summed E-state index contributed by atoms with van der Waals surface area (Å²) in [6.45, 7) is 3.50. The number of benzene rings is 2. The summed E-state index contributed by atoms with van der Waals surface area (Å²) in [7, 11) is 3.23. The molecule has 3 N–H and O–H groups in total. The molecule has 0 amide bonds. The molecular formula is C20H27N3O3. The van der Waals surface area contributed by atoms with Gasteiger partial charge in [-0.3, -0.25) is 4.99 Å². The SMILES string of the molecule is CCNC(=NCCCc1ccc(O)cc1)Nc1ccc(OC)c(OC)c1. The van der Waals surface area contributed by atoms with Crippen LogP contribution in [0.15, 0.2) is 47.5 Å². The molecule has 0 bridgehead atoms. The maximum atomic E-state index is 9.32. The fraction of sp³-hybridized carbons (Fsp3) is 0.350. The number of phenolic OH excluding ortho intramolecular Hbond substituents is 1. The molecule has 0 spiro atoms. The van der Waals surface area contributed by atoms with Crippen molar-refractivity contribution < 1.29 is 14.6 Å². The minimum Gasteiger partial charge on any atom is -0.508 e. The minimum atomic E-state index is 0.292. The largest absolute Gasteiger partial charge is 0.508 e. The van der Waals surface area contributed by atoms with Crippen molar-refractivity contribution in [1.82, 2.24) is 5.32 Å². The number of rotatable bonds is 8. The molecule has 0 aliphatic rings. The van der Waals surface area contributed by atoms with E-state index < -0.39 is 0 Å². The van der Waals surface area contributed by atoms with E-state index in [9.17, 15) is 5.11 Å². The van der Waals surface area contributed by atoms with Crippen LogP contribution in [-0.2, 0) is 6.42 Å². The molecule has 6 heteroatoms. The normalized spacial score (nSPS) is 11.1. The number of aliphatic imine (C=N–C) groups is 1. The predicted molar refractivity (Wildman–Crippen MR) is 106 cm³/mol. The molecule has 0 fully saturated rings. The van der Waals surface area contributed by atoms with Crippen molar-refractivity contribution in [2.24, 2.45) is 4.99 Å². The van der Waals surface area contributed by atoms with Crippen molar-refractivity contribution in [3.05, 3.63) is 48.0 Å². The van der Waals surface area contributed by atoms with Gasteiger partial charge in [0.2, 0.25) is 0 Å². The van der Waals surface area contributed by atoms with Gasteiger partial charge in [-0.1, -0.05) is 12.1 Å². The zero-order valence-electron chi connectivity index (χ0n) is 15.6. The smallest absolute Gasteiger partial charge is 0.195 e. The van der Waals surface area contributed by atoms with Crippen molar-refractivity contribution >= 4 is 11.6 Å². The summed E-state index contributed by atoms with van der Waals surface area (Å²) in [4.78, 5) is 4.61. The van der Waals surface area contributed by atoms with Gasteiger partial charge in [0.1, 0.15) is 5.75 Å². The lowest BCUT2D eigenvalue weighted by Crippen LogP contribution is -2.30. The van der Waals surface area contributed by atoms with Gasteiger partial charge in [0.05, 0.1) is 14.2 Å². The molecule has 26 heavy (non-hydrogen) atoms. The number of guanidine groups is 1. The van der Waals surface area contributed by atoms with Gasteiger partial charge in [0, 0.05) is 24.8 Å². The zero-order valence-corrected chi connectivity index (χ0v) is 15.6. The molecule has 0 atom stereocenters. The molecule has 0 aliphatic carbocycles. The maximum Gasteiger partial charge on any atom is 0.195 e. The predicted octanol–water partition coefficient (Wildman–Crippen LogP) is 3.42. The Morgan fingerprint density at radius 3 is 2.42 bits per heavy atom. The van der Waals surface area contributed by atoms with Crippen molar-refractivity contribution in [3.63, 3.8) is 0 Å². The Morgan fingerprint density at radius 2 is 1.77 bits per heavy atom. The van der Waals surface area contributed by atoms with Crippen LogP contribution in [0.5, 0.6) is 17.2 Å². The van der Waals surface area contributed by atoms with E-state index in [1.165, 1.54) is 5.56 Å². The lowest BCUT2D eigenvalue weighted by atomic mass is 10.1. The molecule has 0 aliphatic heterocycles. The summed E-state index contributed by atoms with van der Waals surface area (Å²) in [5.74, 6) is 2.38. The number of aryl methyl sites for hydroxylation is 1. The second-order valence-corrected chi connectivity index (χ2v) is 5.73. The lowest BCUT2D eigenvalue weighted by molar-refractivity contribution is 0.355. The van der Waals surface area contributed by atoms with Crippen LogP contribution in [-0.4, -0.2) is 38.4 Å². The standard InChI is InChI=1S/C20H27N3O3/c1-4-21-20(22-13-5-6-15-7-10-17(24)11-8-15)23-16-9-12-18(25-2)19(14-16)26-3/h7-12,14,24H,4-6,13H2,1-3H3,(H2,21,22,23). The molecule has 0 aromatic heterocycles. The fourth-order valence-electron chi connectivity index (χ4n) is 2.49. The van der Waals surface area contributed by atoms with Gasteiger partial charge in [-0.25, -0.2) is 0 Å². The van der Waals surface area contributed by atoms with Gasteiger partial charge in [-0.15, -0.1) is 0 Å². The van der Waals surface area contributed by atoms with E-state index in [4.69, 9.17) is 9.47 Å². The van der Waals surface area contributed by atoms with Gasteiger partial charge < -0.3 is 25.2 Å². The number of nitrogens with one attached hydrogen (secondary N) is 2. The molecule has 6 nitrogen and oxygen atoms in total. The first kappa shape index (κ1) is 19.4. The third kappa shape index (κ3) is 5.88. The molecule has 0 radical (unpaired) electrons. The zero-order chi connectivity index (χ0) is 18.8. The highest BCUT2D eigenvalue weighted by Gasteiger charge is 2.06. The van der Waals surface area contributed by atoms with E-state index in [1.807, 2.05) is 37.3 Å². The van der Waals surface area contributed by atoms with Gasteiger partial charge in [0.25, 0.3) is 0 Å². The van der Waals surface area contributed by atoms with Crippen LogP contribution in [0.3, 0.4) is 0 Å². The molecule has 0 unspecified atom stereocenters. The number of hydrogen-bond acceptors (Lipinski definition) is 4. The summed E-state index contributed by atoms with van der Waals surface area (Å²) in [6.07, 6.45) is 1.84. The molecule has 140 valence electrons. The van der Waals surface area contributed by atoms with Crippen LogP contribution in [0.4, 0.5) is 5.69 Å². The second-order valence-electron chi connectivity index (χ2n) is 5.73. The van der Waals surface area contributed by atoms with Gasteiger partial charge in [0.15, 0.2) is 17.5 Å². The first-order valence-electron chi connectivity index (χ1n) is 8.71. The highest BCUT2D eigenvalue weighted by Crippen LogP contribution is 2.29. The first-order valence-corrected chi connectivity index (χ1v) is 8.71. The Labute approximate surface area is 154 Å². The average Bonchev–Trinajstić information content (AvgIpc) is 2.66. The number of anilines is 1. The highest BCUT2D eigenvalue weighted by molar-refractivity contribution is 5.93. The topological polar surface area (TPSA) is 75.1 Å². The lowest BCUT2D eigenvalue weighted by Gasteiger charge is -2.13. The molecule has 0 saturated heterocycles. The van der Waals surface area contributed by atoms with Crippen molar-refractivity contribution in [1.29, 1.82) is 0 Å². The van der Waals surface area contributed by atoms with Crippen LogP contribution in [0.25, 0.3) is 0 Å².